The molecule has 0 spiro atoms. The fraction of sp³-hybridized carbons (Fsp3) is 0.480. The summed E-state index contributed by atoms with van der Waals surface area (Å²) in [6.07, 6.45) is 7.44. The maximum Gasteiger partial charge on any atom is 4.00 e. The summed E-state index contributed by atoms with van der Waals surface area (Å²) in [5, 5.41) is 0.687. The fourth-order valence-corrected chi connectivity index (χ4v) is 12.5. The Morgan fingerprint density at radius 3 is 2.24 bits per heavy atom. The van der Waals surface area contributed by atoms with Gasteiger partial charge in [0.15, 0.2) is 0 Å². The van der Waals surface area contributed by atoms with Gasteiger partial charge in [0.25, 0.3) is 0 Å². The number of hydrogen-bond acceptors (Lipinski definition) is 1. The topological polar surface area (TPSA) is 14.1 Å². The van der Waals surface area contributed by atoms with Crippen LogP contribution in [0.4, 0.5) is 0 Å². The zero-order valence-electron chi connectivity index (χ0n) is 19.8. The third kappa shape index (κ3) is 5.23. The van der Waals surface area contributed by atoms with E-state index in [1.165, 1.54) is 10.5 Å². The van der Waals surface area contributed by atoms with E-state index in [9.17, 15) is 0 Å². The van der Waals surface area contributed by atoms with Crippen molar-refractivity contribution >= 4 is 20.0 Å². The zero-order valence-corrected chi connectivity index (χ0v) is 23.2. The molecule has 5 unspecified atom stereocenters. The van der Waals surface area contributed by atoms with Gasteiger partial charge in [-0.3, -0.25) is 0 Å². The molecule has 0 radical (unpaired) electrons. The van der Waals surface area contributed by atoms with Crippen molar-refractivity contribution in [2.75, 3.05) is 0 Å². The van der Waals surface area contributed by atoms with Gasteiger partial charge in [-0.2, -0.15) is 0 Å². The number of thioether (sulfide) groups is 1. The van der Waals surface area contributed by atoms with Crippen LogP contribution in [0.3, 0.4) is 0 Å². The number of hydrogen-bond donors (Lipinski definition) is 0. The van der Waals surface area contributed by atoms with Crippen LogP contribution in [-0.2, 0) is 21.7 Å². The van der Waals surface area contributed by atoms with Gasteiger partial charge in [-0.15, -0.1) is 17.3 Å². The van der Waals surface area contributed by atoms with Crippen LogP contribution in [0.2, 0.25) is 18.6 Å². The summed E-state index contributed by atoms with van der Waals surface area (Å²) < 4.78 is 0. The number of rotatable bonds is 2. The molecule has 5 atom stereocenters. The molecule has 1 aliphatic heterocycles. The van der Waals surface area contributed by atoms with E-state index in [4.69, 9.17) is 4.98 Å². The van der Waals surface area contributed by atoms with E-state index in [0.29, 0.717) is 28.5 Å². The monoisotopic (exact) mass is 461 g/mol. The minimum Gasteiger partial charge on any atom is -0.660 e. The van der Waals surface area contributed by atoms with E-state index < -0.39 is 8.24 Å². The average molecular weight is 462 g/mol. The minimum absolute atomic E-state index is 0. The molecule has 29 heavy (non-hydrogen) atoms. The van der Waals surface area contributed by atoms with Gasteiger partial charge < -0.3 is 27.3 Å². The summed E-state index contributed by atoms with van der Waals surface area (Å²) in [5.41, 5.74) is 3.79. The van der Waals surface area contributed by atoms with Crippen LogP contribution in [0.15, 0.2) is 53.0 Å². The van der Waals surface area contributed by atoms with Crippen LogP contribution in [-0.4, -0.2) is 19.0 Å². The van der Waals surface area contributed by atoms with E-state index in [0.717, 1.165) is 0 Å². The first kappa shape index (κ1) is 28.9. The predicted molar refractivity (Wildman–Crippen MR) is 132 cm³/mol. The minimum atomic E-state index is -1.74. The van der Waals surface area contributed by atoms with Crippen LogP contribution in [0.5, 0.6) is 0 Å². The Labute approximate surface area is 201 Å². The molecule has 0 saturated heterocycles. The second-order valence-electron chi connectivity index (χ2n) is 9.53. The van der Waals surface area contributed by atoms with Gasteiger partial charge in [0.2, 0.25) is 0 Å². The molecule has 4 heteroatoms. The smallest absolute Gasteiger partial charge is 0.660 e. The van der Waals surface area contributed by atoms with Gasteiger partial charge in [0.05, 0.1) is 0 Å². The van der Waals surface area contributed by atoms with Crippen LogP contribution in [0.25, 0.3) is 4.98 Å². The van der Waals surface area contributed by atoms with Crippen molar-refractivity contribution < 1.29 is 21.7 Å². The average Bonchev–Trinajstić information content (AvgIpc) is 2.97. The molecule has 1 saturated carbocycles. The summed E-state index contributed by atoms with van der Waals surface area (Å²) >= 11 is 2.15. The van der Waals surface area contributed by atoms with Crippen LogP contribution >= 0.6 is 11.8 Å². The number of benzene rings is 1. The van der Waals surface area contributed by atoms with E-state index in [1.807, 2.05) is 0 Å². The fourth-order valence-electron chi connectivity index (χ4n) is 5.58. The van der Waals surface area contributed by atoms with Crippen molar-refractivity contribution in [1.82, 2.24) is 0 Å². The Hall–Kier alpha value is -0.0588. The summed E-state index contributed by atoms with van der Waals surface area (Å²) in [6.45, 7) is 14.1. The normalized spacial score (nSPS) is 29.0. The molecule has 1 aromatic carbocycles. The van der Waals surface area contributed by atoms with Crippen molar-refractivity contribution in [3.63, 3.8) is 0 Å². The van der Waals surface area contributed by atoms with Gasteiger partial charge in [0.1, 0.15) is 0 Å². The van der Waals surface area contributed by atoms with Gasteiger partial charge in [-0.25, -0.2) is 0 Å². The number of allylic oxidation sites excluding steroid dienone is 4. The molecule has 1 fully saturated rings. The molecular formula is C25H39NSSiTi. The molecule has 1 heterocycles. The third-order valence-electron chi connectivity index (χ3n) is 6.00. The molecular weight excluding hydrogens is 422 g/mol. The first-order valence-electron chi connectivity index (χ1n) is 9.54. The van der Waals surface area contributed by atoms with Crippen LogP contribution < -0.4 is 0 Å². The first-order chi connectivity index (χ1) is 11.7. The standard InChI is InChI=1S/C22H30NSSi.3CH3.Ti/c1-14-11-12-15-17(13-14)21(25(5,6)23-22(2,3)4)20-19(15)16-9-7-8-10-18(16)24-20;;;;/h7-13,15,17,19-21H,1-6H3;3*1H3;/q4*-1;+4. The Morgan fingerprint density at radius 1 is 1.00 bits per heavy atom. The van der Waals surface area contributed by atoms with E-state index >= 15 is 0 Å². The van der Waals surface area contributed by atoms with Gasteiger partial charge in [-0.05, 0) is 35.9 Å². The number of nitrogens with zero attached hydrogens (tertiary/aromatic N) is 1. The quantitative estimate of drug-likeness (QED) is 0.320. The Morgan fingerprint density at radius 2 is 1.62 bits per heavy atom. The molecule has 0 N–H and O–H groups in total. The Kier molecular flexibility index (Phi) is 10.0. The Balaban J connectivity index is 0.00000196. The molecule has 158 valence electrons. The van der Waals surface area contributed by atoms with E-state index in [2.05, 4.69) is 95.0 Å². The largest absolute Gasteiger partial charge is 4.00 e. The molecule has 4 rings (SSSR count). The van der Waals surface area contributed by atoms with Crippen molar-refractivity contribution in [2.24, 2.45) is 11.8 Å². The third-order valence-corrected chi connectivity index (χ3v) is 11.3. The van der Waals surface area contributed by atoms with Crippen molar-refractivity contribution in [2.45, 2.75) is 67.9 Å². The second-order valence-corrected chi connectivity index (χ2v) is 15.0. The summed E-state index contributed by atoms with van der Waals surface area (Å²) in [4.78, 5) is 6.95. The molecule has 0 amide bonds. The maximum atomic E-state index is 5.43. The van der Waals surface area contributed by atoms with Gasteiger partial charge >= 0.3 is 21.7 Å². The summed E-state index contributed by atoms with van der Waals surface area (Å²) in [7, 11) is -1.74. The van der Waals surface area contributed by atoms with Crippen LogP contribution in [0.1, 0.15) is 39.2 Å². The summed E-state index contributed by atoms with van der Waals surface area (Å²) in [5.74, 6) is 1.98. The van der Waals surface area contributed by atoms with Gasteiger partial charge in [0, 0.05) is 16.1 Å². The molecule has 0 bridgehead atoms. The van der Waals surface area contributed by atoms with E-state index in [-0.39, 0.29) is 49.5 Å². The van der Waals surface area contributed by atoms with Gasteiger partial charge in [-0.1, -0.05) is 84.1 Å². The Bertz CT molecular complexity index is 749. The number of fused-ring (bicyclic) bond motifs is 5. The van der Waals surface area contributed by atoms with Crippen LogP contribution in [0, 0.1) is 34.1 Å². The zero-order chi connectivity index (χ0) is 18.0. The predicted octanol–water partition coefficient (Wildman–Crippen LogP) is 8.10. The van der Waals surface area contributed by atoms with Crippen molar-refractivity contribution in [3.8, 4) is 0 Å². The molecule has 3 aliphatic rings. The molecule has 0 aromatic heterocycles. The van der Waals surface area contributed by atoms with Crippen molar-refractivity contribution in [1.29, 1.82) is 0 Å². The molecule has 1 nitrogen and oxygen atoms in total. The van der Waals surface area contributed by atoms with E-state index in [1.54, 1.807) is 5.56 Å². The molecule has 1 aromatic rings. The summed E-state index contributed by atoms with van der Waals surface area (Å²) in [6, 6.07) is 9.12. The van der Waals surface area contributed by atoms with Crippen molar-refractivity contribution in [3.05, 3.63) is 80.9 Å². The first-order valence-corrected chi connectivity index (χ1v) is 13.4. The SMILES string of the molecule is CC1=CC2C(C=C1)C1c3ccccc3SC1C2[Si](C)(C)[N-]C(C)(C)C.[CH3-].[CH3-].[CH3-].[Ti+4]. The second kappa shape index (κ2) is 10.0. The molecule has 2 aliphatic carbocycles. The maximum absolute atomic E-state index is 5.43.